The van der Waals surface area contributed by atoms with E-state index < -0.39 is 0 Å². The number of thiophene rings is 1. The zero-order chi connectivity index (χ0) is 13.2. The van der Waals surface area contributed by atoms with Crippen molar-refractivity contribution in [1.29, 1.82) is 0 Å². The van der Waals surface area contributed by atoms with E-state index in [1.807, 2.05) is 12.1 Å². The summed E-state index contributed by atoms with van der Waals surface area (Å²) in [7, 11) is 0. The third kappa shape index (κ3) is 2.44. The molecule has 1 atom stereocenters. The quantitative estimate of drug-likeness (QED) is 0.775. The molecule has 3 rings (SSSR count). The lowest BCUT2D eigenvalue weighted by Crippen LogP contribution is -2.06. The maximum Gasteiger partial charge on any atom is 0.0907 e. The summed E-state index contributed by atoms with van der Waals surface area (Å²) in [5.41, 5.74) is 4.26. The van der Waals surface area contributed by atoms with Crippen LogP contribution in [0.3, 0.4) is 0 Å². The third-order valence-corrected chi connectivity index (χ3v) is 4.35. The van der Waals surface area contributed by atoms with E-state index in [9.17, 15) is 0 Å². The molecule has 0 aliphatic heterocycles. The molecule has 2 heterocycles. The van der Waals surface area contributed by atoms with E-state index in [1.54, 1.807) is 23.7 Å². The predicted molar refractivity (Wildman–Crippen MR) is 80.6 cm³/mol. The van der Waals surface area contributed by atoms with Crippen molar-refractivity contribution >= 4 is 28.1 Å². The number of benzene rings is 1. The highest BCUT2D eigenvalue weighted by molar-refractivity contribution is 7.10. The molecule has 2 aromatic heterocycles. The maximum absolute atomic E-state index is 4.33. The minimum absolute atomic E-state index is 0.300. The number of nitrogens with one attached hydrogen (secondary N) is 1. The second-order valence-electron chi connectivity index (χ2n) is 4.59. The summed E-state index contributed by atoms with van der Waals surface area (Å²) in [4.78, 5) is 9.98. The molecule has 0 saturated heterocycles. The van der Waals surface area contributed by atoms with Crippen LogP contribution in [-0.2, 0) is 0 Å². The van der Waals surface area contributed by atoms with Crippen molar-refractivity contribution in [3.05, 3.63) is 52.5 Å². The number of fused-ring (bicyclic) bond motifs is 1. The Kier molecular flexibility index (Phi) is 3.17. The van der Waals surface area contributed by atoms with Crippen molar-refractivity contribution in [3.63, 3.8) is 0 Å². The molecule has 0 spiro atoms. The molecule has 0 amide bonds. The average Bonchev–Trinajstić information content (AvgIpc) is 2.85. The van der Waals surface area contributed by atoms with Gasteiger partial charge in [-0.1, -0.05) is 0 Å². The van der Waals surface area contributed by atoms with Crippen LogP contribution in [0.1, 0.15) is 23.4 Å². The second-order valence-corrected chi connectivity index (χ2v) is 5.54. The lowest BCUT2D eigenvalue weighted by molar-refractivity contribution is 0.899. The molecule has 0 fully saturated rings. The molecule has 1 N–H and O–H groups in total. The van der Waals surface area contributed by atoms with Gasteiger partial charge in [-0.05, 0) is 49.1 Å². The van der Waals surface area contributed by atoms with Gasteiger partial charge in [-0.15, -0.1) is 11.3 Å². The third-order valence-electron chi connectivity index (χ3n) is 3.15. The summed E-state index contributed by atoms with van der Waals surface area (Å²) in [5.74, 6) is 0. The lowest BCUT2D eigenvalue weighted by atomic mass is 10.1. The van der Waals surface area contributed by atoms with Crippen LogP contribution in [-0.4, -0.2) is 9.97 Å². The molecule has 1 aromatic carbocycles. The molecule has 0 radical (unpaired) electrons. The Balaban J connectivity index is 1.87. The van der Waals surface area contributed by atoms with Crippen LogP contribution in [0.15, 0.2) is 42.0 Å². The second kappa shape index (κ2) is 4.97. The summed E-state index contributed by atoms with van der Waals surface area (Å²) in [5, 5.41) is 5.65. The summed E-state index contributed by atoms with van der Waals surface area (Å²) in [6, 6.07) is 8.55. The Bertz CT molecular complexity index is 705. The van der Waals surface area contributed by atoms with Crippen molar-refractivity contribution < 1.29 is 0 Å². The Morgan fingerprint density at radius 1 is 1.11 bits per heavy atom. The highest BCUT2D eigenvalue weighted by atomic mass is 32.1. The number of anilines is 1. The Morgan fingerprint density at radius 3 is 2.63 bits per heavy atom. The van der Waals surface area contributed by atoms with Gasteiger partial charge in [-0.3, -0.25) is 9.97 Å². The first-order valence-corrected chi connectivity index (χ1v) is 7.13. The predicted octanol–water partition coefficient (Wildman–Crippen LogP) is 4.17. The van der Waals surface area contributed by atoms with Gasteiger partial charge in [0.05, 0.1) is 17.1 Å². The first kappa shape index (κ1) is 12.1. The molecule has 1 unspecified atom stereocenters. The molecule has 19 heavy (non-hydrogen) atoms. The van der Waals surface area contributed by atoms with Crippen LogP contribution in [0.4, 0.5) is 5.69 Å². The zero-order valence-corrected chi connectivity index (χ0v) is 11.7. The average molecular weight is 269 g/mol. The minimum Gasteiger partial charge on any atom is -0.378 e. The molecule has 0 aliphatic rings. The maximum atomic E-state index is 4.33. The van der Waals surface area contributed by atoms with E-state index in [0.717, 1.165) is 16.7 Å². The number of hydrogen-bond acceptors (Lipinski definition) is 4. The number of hydrogen-bond donors (Lipinski definition) is 1. The van der Waals surface area contributed by atoms with Crippen LogP contribution in [0.2, 0.25) is 0 Å². The summed E-state index contributed by atoms with van der Waals surface area (Å²) in [6.45, 7) is 4.33. The standard InChI is InChI=1S/C15H15N3S/c1-10-5-8-19-15(10)11(2)18-12-3-4-13-14(9-12)17-7-6-16-13/h3-9,11,18H,1-2H3. The monoisotopic (exact) mass is 269 g/mol. The van der Waals surface area contributed by atoms with Gasteiger partial charge in [0.1, 0.15) is 0 Å². The van der Waals surface area contributed by atoms with Gasteiger partial charge in [0.2, 0.25) is 0 Å². The van der Waals surface area contributed by atoms with Crippen molar-refractivity contribution in [2.24, 2.45) is 0 Å². The van der Waals surface area contributed by atoms with E-state index in [4.69, 9.17) is 0 Å². The van der Waals surface area contributed by atoms with Gasteiger partial charge in [0, 0.05) is 23.0 Å². The summed E-state index contributed by atoms with van der Waals surface area (Å²) in [6.07, 6.45) is 3.44. The fraction of sp³-hybridized carbons (Fsp3) is 0.200. The summed E-state index contributed by atoms with van der Waals surface area (Å²) < 4.78 is 0. The van der Waals surface area contributed by atoms with E-state index in [1.165, 1.54) is 10.4 Å². The number of aryl methyl sites for hydroxylation is 1. The number of rotatable bonds is 3. The molecule has 0 aliphatic carbocycles. The summed E-state index contributed by atoms with van der Waals surface area (Å²) >= 11 is 1.79. The minimum atomic E-state index is 0.300. The Morgan fingerprint density at radius 2 is 1.89 bits per heavy atom. The molecule has 4 heteroatoms. The van der Waals surface area contributed by atoms with Crippen LogP contribution in [0.5, 0.6) is 0 Å². The van der Waals surface area contributed by atoms with Gasteiger partial charge in [0.25, 0.3) is 0 Å². The fourth-order valence-corrected chi connectivity index (χ4v) is 3.13. The largest absolute Gasteiger partial charge is 0.378 e. The first-order valence-electron chi connectivity index (χ1n) is 6.25. The molecule has 0 bridgehead atoms. The molecule has 0 saturated carbocycles. The van der Waals surface area contributed by atoms with Crippen molar-refractivity contribution in [1.82, 2.24) is 9.97 Å². The van der Waals surface area contributed by atoms with Crippen LogP contribution in [0, 0.1) is 6.92 Å². The van der Waals surface area contributed by atoms with Gasteiger partial charge in [-0.2, -0.15) is 0 Å². The molecular weight excluding hydrogens is 254 g/mol. The van der Waals surface area contributed by atoms with E-state index in [-0.39, 0.29) is 0 Å². The van der Waals surface area contributed by atoms with Gasteiger partial charge < -0.3 is 5.32 Å². The van der Waals surface area contributed by atoms with E-state index >= 15 is 0 Å². The van der Waals surface area contributed by atoms with Crippen molar-refractivity contribution in [3.8, 4) is 0 Å². The van der Waals surface area contributed by atoms with Crippen molar-refractivity contribution in [2.75, 3.05) is 5.32 Å². The Labute approximate surface area is 116 Å². The molecule has 3 nitrogen and oxygen atoms in total. The number of aromatic nitrogens is 2. The molecule has 96 valence electrons. The normalized spacial score (nSPS) is 12.5. The van der Waals surface area contributed by atoms with Gasteiger partial charge in [-0.25, -0.2) is 0 Å². The van der Waals surface area contributed by atoms with Crippen LogP contribution >= 0.6 is 11.3 Å². The van der Waals surface area contributed by atoms with E-state index in [0.29, 0.717) is 6.04 Å². The lowest BCUT2D eigenvalue weighted by Gasteiger charge is -2.15. The highest BCUT2D eigenvalue weighted by Gasteiger charge is 2.09. The number of nitrogens with zero attached hydrogens (tertiary/aromatic N) is 2. The molecule has 3 aromatic rings. The smallest absolute Gasteiger partial charge is 0.0907 e. The van der Waals surface area contributed by atoms with E-state index in [2.05, 4.69) is 46.6 Å². The van der Waals surface area contributed by atoms with Gasteiger partial charge in [0.15, 0.2) is 0 Å². The topological polar surface area (TPSA) is 37.8 Å². The first-order chi connectivity index (χ1) is 9.24. The van der Waals surface area contributed by atoms with Crippen LogP contribution < -0.4 is 5.32 Å². The molecular formula is C15H15N3S. The fourth-order valence-electron chi connectivity index (χ4n) is 2.20. The van der Waals surface area contributed by atoms with Crippen LogP contribution in [0.25, 0.3) is 11.0 Å². The zero-order valence-electron chi connectivity index (χ0n) is 10.9. The van der Waals surface area contributed by atoms with Gasteiger partial charge >= 0.3 is 0 Å². The SMILES string of the molecule is Cc1ccsc1C(C)Nc1ccc2nccnc2c1. The van der Waals surface area contributed by atoms with Crippen molar-refractivity contribution in [2.45, 2.75) is 19.9 Å². The Hall–Kier alpha value is -1.94. The highest BCUT2D eigenvalue weighted by Crippen LogP contribution is 2.27.